The van der Waals surface area contributed by atoms with Gasteiger partial charge in [0.25, 0.3) is 0 Å². The van der Waals surface area contributed by atoms with Crippen molar-refractivity contribution in [2.24, 2.45) is 0 Å². The van der Waals surface area contributed by atoms with E-state index in [1.807, 2.05) is 44.2 Å². The summed E-state index contributed by atoms with van der Waals surface area (Å²) in [5.41, 5.74) is 3.66. The van der Waals surface area contributed by atoms with Crippen LogP contribution in [0.25, 0.3) is 0 Å². The number of amides is 1. The van der Waals surface area contributed by atoms with Gasteiger partial charge in [-0.25, -0.2) is 0 Å². The van der Waals surface area contributed by atoms with Crippen LogP contribution in [-0.4, -0.2) is 37.9 Å². The molecule has 7 heteroatoms. The highest BCUT2D eigenvalue weighted by molar-refractivity contribution is 6.32. The molecule has 3 rings (SSSR count). The highest BCUT2D eigenvalue weighted by Gasteiger charge is 2.31. The van der Waals surface area contributed by atoms with Crippen molar-refractivity contribution < 1.29 is 14.3 Å². The van der Waals surface area contributed by atoms with Gasteiger partial charge >= 0.3 is 5.97 Å². The summed E-state index contributed by atoms with van der Waals surface area (Å²) in [6.45, 7) is 0. The van der Waals surface area contributed by atoms with Gasteiger partial charge in [-0.3, -0.25) is 19.9 Å². The molecule has 128 valence electrons. The highest BCUT2D eigenvalue weighted by Crippen LogP contribution is 2.30. The Morgan fingerprint density at radius 3 is 2.88 bits per heavy atom. The standard InChI is InChI=1S/C18H20BN3O3/c1-25-16(23)8-7-15-18(24)22-13-6-5-11(19)10-12(13)17(21-15)14-4-2-3-9-20-14/h2-6,9-10,15,17,21H,7-8,19H2,1H3,(H,22,24)/t15-,17?/m0/s1. The minimum Gasteiger partial charge on any atom is -0.469 e. The first-order valence-electron chi connectivity index (χ1n) is 8.23. The van der Waals surface area contributed by atoms with Gasteiger partial charge in [-0.05, 0) is 30.2 Å². The molecule has 0 radical (unpaired) electrons. The van der Waals surface area contributed by atoms with E-state index >= 15 is 0 Å². The Balaban J connectivity index is 1.96. The average molecular weight is 337 g/mol. The van der Waals surface area contributed by atoms with E-state index in [1.165, 1.54) is 7.11 Å². The summed E-state index contributed by atoms with van der Waals surface area (Å²) in [5.74, 6) is -0.492. The molecule has 0 aliphatic carbocycles. The van der Waals surface area contributed by atoms with E-state index in [2.05, 4.69) is 20.4 Å². The topological polar surface area (TPSA) is 80.3 Å². The fourth-order valence-corrected chi connectivity index (χ4v) is 2.99. The molecule has 25 heavy (non-hydrogen) atoms. The van der Waals surface area contributed by atoms with Gasteiger partial charge in [0.15, 0.2) is 0 Å². The van der Waals surface area contributed by atoms with Gasteiger partial charge in [-0.15, -0.1) is 0 Å². The lowest BCUT2D eigenvalue weighted by Crippen LogP contribution is -2.40. The van der Waals surface area contributed by atoms with Crippen molar-refractivity contribution in [3.8, 4) is 0 Å². The first-order chi connectivity index (χ1) is 12.1. The van der Waals surface area contributed by atoms with Crippen LogP contribution in [0.3, 0.4) is 0 Å². The van der Waals surface area contributed by atoms with Gasteiger partial charge < -0.3 is 10.1 Å². The van der Waals surface area contributed by atoms with Crippen LogP contribution in [0.5, 0.6) is 0 Å². The normalized spacial score (nSPS) is 19.5. The fourth-order valence-electron chi connectivity index (χ4n) is 2.99. The molecule has 6 nitrogen and oxygen atoms in total. The smallest absolute Gasteiger partial charge is 0.305 e. The number of nitrogens with zero attached hydrogens (tertiary/aromatic N) is 1. The van der Waals surface area contributed by atoms with Crippen molar-refractivity contribution in [3.63, 3.8) is 0 Å². The van der Waals surface area contributed by atoms with E-state index in [1.54, 1.807) is 6.20 Å². The minimum atomic E-state index is -0.515. The van der Waals surface area contributed by atoms with Crippen LogP contribution >= 0.6 is 0 Å². The number of aromatic nitrogens is 1. The van der Waals surface area contributed by atoms with Crippen LogP contribution in [-0.2, 0) is 14.3 Å². The third-order valence-electron chi connectivity index (χ3n) is 4.31. The van der Waals surface area contributed by atoms with Crippen molar-refractivity contribution in [2.75, 3.05) is 12.4 Å². The van der Waals surface area contributed by atoms with Crippen molar-refractivity contribution in [2.45, 2.75) is 24.9 Å². The zero-order chi connectivity index (χ0) is 17.8. The molecule has 0 fully saturated rings. The van der Waals surface area contributed by atoms with Crippen molar-refractivity contribution in [3.05, 3.63) is 53.9 Å². The first-order valence-corrected chi connectivity index (χ1v) is 8.23. The molecule has 2 aromatic rings. The second-order valence-electron chi connectivity index (χ2n) is 6.10. The molecule has 1 aromatic heterocycles. The molecule has 2 heterocycles. The van der Waals surface area contributed by atoms with Gasteiger partial charge in [0, 0.05) is 18.3 Å². The van der Waals surface area contributed by atoms with Gasteiger partial charge in [0.2, 0.25) is 5.91 Å². The number of ether oxygens (including phenoxy) is 1. The third-order valence-corrected chi connectivity index (χ3v) is 4.31. The minimum absolute atomic E-state index is 0.160. The molecular weight excluding hydrogens is 317 g/mol. The summed E-state index contributed by atoms with van der Waals surface area (Å²) in [5, 5.41) is 6.32. The summed E-state index contributed by atoms with van der Waals surface area (Å²) in [4.78, 5) is 28.5. The Morgan fingerprint density at radius 1 is 1.32 bits per heavy atom. The number of hydrogen-bond donors (Lipinski definition) is 2. The summed E-state index contributed by atoms with van der Waals surface area (Å²) >= 11 is 0. The predicted molar refractivity (Wildman–Crippen MR) is 97.5 cm³/mol. The Bertz CT molecular complexity index is 782. The molecule has 0 bridgehead atoms. The molecule has 2 atom stereocenters. The maximum atomic E-state index is 12.6. The number of methoxy groups -OCH3 is 1. The number of pyridine rings is 1. The Morgan fingerprint density at radius 2 is 2.16 bits per heavy atom. The number of fused-ring (bicyclic) bond motifs is 1. The summed E-state index contributed by atoms with van der Waals surface area (Å²) < 4.78 is 4.69. The fraction of sp³-hybridized carbons (Fsp3) is 0.278. The molecule has 1 aromatic carbocycles. The summed E-state index contributed by atoms with van der Waals surface area (Å²) in [6, 6.07) is 10.9. The van der Waals surface area contributed by atoms with Crippen molar-refractivity contribution >= 4 is 30.9 Å². The SMILES string of the molecule is Bc1ccc2c(c1)C(c1ccccn1)N[C@@H](CCC(=O)OC)C(=O)N2. The number of carbonyl (C=O) groups excluding carboxylic acids is 2. The maximum Gasteiger partial charge on any atom is 0.305 e. The Kier molecular flexibility index (Phi) is 5.14. The van der Waals surface area contributed by atoms with Crippen molar-refractivity contribution in [1.82, 2.24) is 10.3 Å². The number of nitrogens with one attached hydrogen (secondary N) is 2. The second kappa shape index (κ2) is 7.48. The predicted octanol–water partition coefficient (Wildman–Crippen LogP) is 0.293. The molecule has 0 saturated carbocycles. The molecular formula is C18H20BN3O3. The van der Waals surface area contributed by atoms with Gasteiger partial charge in [-0.2, -0.15) is 0 Å². The lowest BCUT2D eigenvalue weighted by atomic mass is 9.90. The van der Waals surface area contributed by atoms with Gasteiger partial charge in [0.1, 0.15) is 7.85 Å². The van der Waals surface area contributed by atoms with E-state index in [9.17, 15) is 9.59 Å². The van der Waals surface area contributed by atoms with E-state index < -0.39 is 6.04 Å². The Labute approximate surface area is 147 Å². The van der Waals surface area contributed by atoms with Crippen LogP contribution in [0.1, 0.15) is 30.1 Å². The largest absolute Gasteiger partial charge is 0.469 e. The number of anilines is 1. The number of esters is 1. The van der Waals surface area contributed by atoms with Crippen LogP contribution in [0.2, 0.25) is 0 Å². The van der Waals surface area contributed by atoms with Gasteiger partial charge in [0.05, 0.1) is 24.9 Å². The molecule has 1 amide bonds. The van der Waals surface area contributed by atoms with Gasteiger partial charge in [-0.1, -0.05) is 23.7 Å². The number of benzene rings is 1. The highest BCUT2D eigenvalue weighted by atomic mass is 16.5. The lowest BCUT2D eigenvalue weighted by molar-refractivity contribution is -0.140. The van der Waals surface area contributed by atoms with E-state index in [4.69, 9.17) is 0 Å². The van der Waals surface area contributed by atoms with E-state index in [0.29, 0.717) is 6.42 Å². The molecule has 1 aliphatic rings. The average Bonchev–Trinajstić information content (AvgIpc) is 2.76. The quantitative estimate of drug-likeness (QED) is 0.619. The number of hydrogen-bond acceptors (Lipinski definition) is 5. The molecule has 1 aliphatic heterocycles. The third kappa shape index (κ3) is 3.88. The summed E-state index contributed by atoms with van der Waals surface area (Å²) in [7, 11) is 3.36. The van der Waals surface area contributed by atoms with E-state index in [0.717, 1.165) is 22.4 Å². The van der Waals surface area contributed by atoms with E-state index in [-0.39, 0.29) is 24.3 Å². The maximum absolute atomic E-state index is 12.6. The number of carbonyl (C=O) groups is 2. The zero-order valence-corrected chi connectivity index (χ0v) is 14.3. The molecule has 0 spiro atoms. The second-order valence-corrected chi connectivity index (χ2v) is 6.10. The van der Waals surface area contributed by atoms with Crippen LogP contribution in [0.15, 0.2) is 42.6 Å². The lowest BCUT2D eigenvalue weighted by Gasteiger charge is -2.22. The Hall–Kier alpha value is -2.67. The molecule has 0 saturated heterocycles. The molecule has 2 N–H and O–H groups in total. The zero-order valence-electron chi connectivity index (χ0n) is 14.3. The van der Waals surface area contributed by atoms with Crippen molar-refractivity contribution in [1.29, 1.82) is 0 Å². The first kappa shape index (κ1) is 17.2. The molecule has 1 unspecified atom stereocenters. The van der Waals surface area contributed by atoms with Crippen LogP contribution in [0, 0.1) is 0 Å². The van der Waals surface area contributed by atoms with Crippen LogP contribution < -0.4 is 16.1 Å². The monoisotopic (exact) mass is 337 g/mol. The van der Waals surface area contributed by atoms with Crippen LogP contribution in [0.4, 0.5) is 5.69 Å². The number of rotatable bonds is 4. The summed E-state index contributed by atoms with van der Waals surface area (Å²) in [6.07, 6.45) is 2.26.